The molecule has 1 aliphatic heterocycles. The number of benzene rings is 1. The number of carbonyl (C=O) groups is 1. The van der Waals surface area contributed by atoms with Crippen LogP contribution in [0.3, 0.4) is 0 Å². The van der Waals surface area contributed by atoms with Crippen molar-refractivity contribution in [1.82, 2.24) is 0 Å². The van der Waals surface area contributed by atoms with Gasteiger partial charge >= 0.3 is 35.5 Å². The molecule has 33 heavy (non-hydrogen) atoms. The van der Waals surface area contributed by atoms with E-state index in [0.717, 1.165) is 38.5 Å². The van der Waals surface area contributed by atoms with Gasteiger partial charge in [-0.15, -0.1) is 0 Å². The van der Waals surface area contributed by atoms with E-state index < -0.39 is 36.7 Å². The first-order valence-corrected chi connectivity index (χ1v) is 11.6. The van der Waals surface area contributed by atoms with Crippen molar-refractivity contribution in [3.8, 4) is 5.75 Å². The number of aryl methyl sites for hydroxylation is 1. The molecule has 0 aromatic heterocycles. The molecule has 1 heterocycles. The van der Waals surface area contributed by atoms with E-state index in [1.807, 2.05) is 12.1 Å². The number of ether oxygens (including phenoxy) is 2. The van der Waals surface area contributed by atoms with Gasteiger partial charge in [-0.2, -0.15) is 0 Å². The van der Waals surface area contributed by atoms with Crippen molar-refractivity contribution < 1.29 is 39.8 Å². The molecule has 10 atom stereocenters. The van der Waals surface area contributed by atoms with Crippen molar-refractivity contribution in [2.45, 2.75) is 88.2 Å². The predicted octanol–water partition coefficient (Wildman–Crippen LogP) is 0.526. The second kappa shape index (κ2) is 9.39. The van der Waals surface area contributed by atoms with Crippen molar-refractivity contribution in [2.24, 2.45) is 17.3 Å². The average molecular weight is 473 g/mol. The van der Waals surface area contributed by atoms with Crippen molar-refractivity contribution in [3.05, 3.63) is 29.3 Å². The molecule has 0 radical (unpaired) electrons. The maximum atomic E-state index is 11.3. The SMILES string of the molecule is CC12CCC3c4ccc(OC5OC(C(=O)O)C(O)C(O)C5O)cc4CCC3C1CCC2O.[NaH]. The summed E-state index contributed by atoms with van der Waals surface area (Å²) in [5.41, 5.74) is 2.51. The van der Waals surface area contributed by atoms with Crippen LogP contribution in [0.5, 0.6) is 5.75 Å². The number of fused-ring (bicyclic) bond motifs is 5. The molecular formula is C24H33NaO8. The first-order chi connectivity index (χ1) is 15.2. The molecule has 3 fully saturated rings. The normalized spacial score (nSPS) is 44.1. The van der Waals surface area contributed by atoms with Crippen molar-refractivity contribution in [3.63, 3.8) is 0 Å². The second-order valence-electron chi connectivity index (χ2n) is 10.3. The Labute approximate surface area is 215 Å². The topological polar surface area (TPSA) is 137 Å². The summed E-state index contributed by atoms with van der Waals surface area (Å²) in [5.74, 6) is 0.570. The molecule has 1 aromatic rings. The fraction of sp³-hybridized carbons (Fsp3) is 0.708. The van der Waals surface area contributed by atoms with Crippen molar-refractivity contribution >= 4 is 35.5 Å². The number of aliphatic carboxylic acids is 1. The Morgan fingerprint density at radius 1 is 1.06 bits per heavy atom. The Kier molecular flexibility index (Phi) is 7.22. The van der Waals surface area contributed by atoms with Crippen LogP contribution in [-0.4, -0.2) is 97.9 Å². The molecule has 1 saturated heterocycles. The molecule has 1 aromatic carbocycles. The first-order valence-electron chi connectivity index (χ1n) is 11.6. The molecule has 0 spiro atoms. The second-order valence-corrected chi connectivity index (χ2v) is 10.3. The van der Waals surface area contributed by atoms with E-state index in [9.17, 15) is 30.3 Å². The zero-order valence-corrected chi connectivity index (χ0v) is 18.1. The van der Waals surface area contributed by atoms with E-state index in [-0.39, 0.29) is 41.1 Å². The fourth-order valence-corrected chi connectivity index (χ4v) is 6.89. The van der Waals surface area contributed by atoms with E-state index in [0.29, 0.717) is 23.5 Å². The quantitative estimate of drug-likeness (QED) is 0.402. The maximum absolute atomic E-state index is 11.3. The van der Waals surface area contributed by atoms with Crippen LogP contribution in [0.4, 0.5) is 0 Å². The molecule has 0 amide bonds. The zero-order chi connectivity index (χ0) is 22.8. The summed E-state index contributed by atoms with van der Waals surface area (Å²) >= 11 is 0. The standard InChI is InChI=1S/C24H32O8.Na.H/c1-24-9-8-14-13-5-3-12(10-11(13)2-4-15(14)16(24)6-7-17(24)25)31-23-20(28)18(26)19(27)21(32-23)22(29)30;;/h3,5,10,14-21,23,25-28H,2,4,6-9H2,1H3,(H,29,30);;. The van der Waals surface area contributed by atoms with E-state index >= 15 is 0 Å². The van der Waals surface area contributed by atoms with Crippen LogP contribution in [-0.2, 0) is 16.0 Å². The van der Waals surface area contributed by atoms with Crippen LogP contribution >= 0.6 is 0 Å². The summed E-state index contributed by atoms with van der Waals surface area (Å²) in [6.07, 6.45) is -2.28. The Morgan fingerprint density at radius 2 is 1.82 bits per heavy atom. The van der Waals surface area contributed by atoms with Gasteiger partial charge < -0.3 is 35.0 Å². The third-order valence-corrected chi connectivity index (χ3v) is 8.71. The number of rotatable bonds is 3. The Bertz CT molecular complexity index is 895. The Hall–Kier alpha value is -0.710. The molecule has 2 saturated carbocycles. The van der Waals surface area contributed by atoms with Crippen LogP contribution in [0.15, 0.2) is 18.2 Å². The van der Waals surface area contributed by atoms with Gasteiger partial charge in [-0.05, 0) is 85.0 Å². The molecule has 4 aliphatic rings. The fourth-order valence-electron chi connectivity index (χ4n) is 6.89. The third kappa shape index (κ3) is 4.16. The molecular weight excluding hydrogens is 439 g/mol. The van der Waals surface area contributed by atoms with Crippen LogP contribution < -0.4 is 4.74 Å². The summed E-state index contributed by atoms with van der Waals surface area (Å²) in [7, 11) is 0. The van der Waals surface area contributed by atoms with Gasteiger partial charge in [0.2, 0.25) is 6.29 Å². The van der Waals surface area contributed by atoms with Gasteiger partial charge in [0, 0.05) is 0 Å². The minimum atomic E-state index is -1.74. The Balaban J connectivity index is 0.00000259. The van der Waals surface area contributed by atoms with Crippen molar-refractivity contribution in [1.29, 1.82) is 0 Å². The summed E-state index contributed by atoms with van der Waals surface area (Å²) in [4.78, 5) is 11.3. The number of carboxylic acids is 1. The van der Waals surface area contributed by atoms with Crippen LogP contribution in [0.1, 0.15) is 56.1 Å². The number of hydrogen-bond donors (Lipinski definition) is 5. The van der Waals surface area contributed by atoms with Crippen LogP contribution in [0.2, 0.25) is 0 Å². The summed E-state index contributed by atoms with van der Waals surface area (Å²) in [6, 6.07) is 5.75. The minimum absolute atomic E-state index is 0. The molecule has 3 aliphatic carbocycles. The van der Waals surface area contributed by atoms with E-state index in [1.54, 1.807) is 6.07 Å². The van der Waals surface area contributed by atoms with Crippen molar-refractivity contribution in [2.75, 3.05) is 0 Å². The summed E-state index contributed by atoms with van der Waals surface area (Å²) < 4.78 is 11.0. The number of carboxylic acid groups (broad SMARTS) is 1. The van der Waals surface area contributed by atoms with Gasteiger partial charge in [-0.1, -0.05) is 13.0 Å². The monoisotopic (exact) mass is 472 g/mol. The van der Waals surface area contributed by atoms with Gasteiger partial charge in [0.05, 0.1) is 6.10 Å². The van der Waals surface area contributed by atoms with Crippen LogP contribution in [0.25, 0.3) is 0 Å². The number of hydrogen-bond acceptors (Lipinski definition) is 7. The Morgan fingerprint density at radius 3 is 2.55 bits per heavy atom. The van der Waals surface area contributed by atoms with Gasteiger partial charge in [-0.3, -0.25) is 0 Å². The van der Waals surface area contributed by atoms with E-state index in [4.69, 9.17) is 9.47 Å². The van der Waals surface area contributed by atoms with Crippen LogP contribution in [0, 0.1) is 17.3 Å². The summed E-state index contributed by atoms with van der Waals surface area (Å²) in [6.45, 7) is 2.25. The van der Waals surface area contributed by atoms with Gasteiger partial charge in [0.1, 0.15) is 24.1 Å². The zero-order valence-electron chi connectivity index (χ0n) is 18.1. The average Bonchev–Trinajstić information content (AvgIpc) is 3.08. The van der Waals surface area contributed by atoms with Gasteiger partial charge in [0.15, 0.2) is 6.10 Å². The molecule has 178 valence electrons. The predicted molar refractivity (Wildman–Crippen MR) is 119 cm³/mol. The van der Waals surface area contributed by atoms with E-state index in [2.05, 4.69) is 6.92 Å². The molecule has 5 N–H and O–H groups in total. The third-order valence-electron chi connectivity index (χ3n) is 8.71. The number of aliphatic hydroxyl groups excluding tert-OH is 4. The molecule has 5 rings (SSSR count). The van der Waals surface area contributed by atoms with Gasteiger partial charge in [-0.25, -0.2) is 4.79 Å². The van der Waals surface area contributed by atoms with E-state index in [1.165, 1.54) is 11.1 Å². The molecule has 0 bridgehead atoms. The van der Waals surface area contributed by atoms with Gasteiger partial charge in [0.25, 0.3) is 0 Å². The molecule has 8 nitrogen and oxygen atoms in total. The first kappa shape index (κ1) is 25.4. The molecule has 9 heteroatoms. The summed E-state index contributed by atoms with van der Waals surface area (Å²) in [5, 5.41) is 49.8. The number of aliphatic hydroxyl groups is 4. The molecule has 10 unspecified atom stereocenters.